The van der Waals surface area contributed by atoms with E-state index in [2.05, 4.69) is 26.6 Å². The summed E-state index contributed by atoms with van der Waals surface area (Å²) in [6, 6.07) is 15.0. The highest BCUT2D eigenvalue weighted by atomic mass is 79.9. The summed E-state index contributed by atoms with van der Waals surface area (Å²) in [6.07, 6.45) is 0. The number of likely N-dealkylation sites (N-methyl/N-ethyl adjacent to an activating group) is 1. The zero-order valence-corrected chi connectivity index (χ0v) is 15.3. The lowest BCUT2D eigenvalue weighted by Gasteiger charge is -2.16. The molecule has 2 rings (SSSR count). The molecule has 2 aromatic rings. The lowest BCUT2D eigenvalue weighted by Crippen LogP contribution is -2.36. The summed E-state index contributed by atoms with van der Waals surface area (Å²) in [5.74, 6) is -0.329. The highest BCUT2D eigenvalue weighted by Gasteiger charge is 2.12. The first-order valence-electron chi connectivity index (χ1n) is 7.53. The third kappa shape index (κ3) is 5.79. The molecule has 0 saturated carbocycles. The van der Waals surface area contributed by atoms with E-state index in [-0.39, 0.29) is 24.9 Å². The molecule has 0 unspecified atom stereocenters. The second kappa shape index (κ2) is 8.61. The highest BCUT2D eigenvalue weighted by Crippen LogP contribution is 2.20. The van der Waals surface area contributed by atoms with E-state index in [4.69, 9.17) is 0 Å². The van der Waals surface area contributed by atoms with Crippen LogP contribution in [0.2, 0.25) is 0 Å². The molecule has 0 saturated heterocycles. The Morgan fingerprint density at radius 1 is 1.00 bits per heavy atom. The molecule has 6 heteroatoms. The average Bonchev–Trinajstić information content (AvgIpc) is 2.49. The molecule has 2 aromatic carbocycles. The van der Waals surface area contributed by atoms with E-state index in [1.54, 1.807) is 11.9 Å². The number of hydrogen-bond acceptors (Lipinski definition) is 3. The molecule has 0 aliphatic heterocycles. The molecule has 0 aliphatic rings. The van der Waals surface area contributed by atoms with Crippen molar-refractivity contribution in [3.05, 3.63) is 58.6 Å². The van der Waals surface area contributed by atoms with Crippen LogP contribution in [-0.2, 0) is 9.59 Å². The number of para-hydroxylation sites is 1. The van der Waals surface area contributed by atoms with Crippen LogP contribution in [0.15, 0.2) is 53.0 Å². The topological polar surface area (TPSA) is 61.4 Å². The van der Waals surface area contributed by atoms with Crippen LogP contribution in [0.1, 0.15) is 5.56 Å². The average molecular weight is 390 g/mol. The first kappa shape index (κ1) is 18.2. The van der Waals surface area contributed by atoms with Gasteiger partial charge >= 0.3 is 0 Å². The molecule has 0 aliphatic carbocycles. The molecule has 0 atom stereocenters. The normalized spacial score (nSPS) is 10.5. The van der Waals surface area contributed by atoms with Crippen molar-refractivity contribution in [3.63, 3.8) is 0 Å². The summed E-state index contributed by atoms with van der Waals surface area (Å²) in [5, 5.41) is 5.64. The van der Waals surface area contributed by atoms with E-state index >= 15 is 0 Å². The molecule has 126 valence electrons. The Labute approximate surface area is 150 Å². The van der Waals surface area contributed by atoms with Crippen molar-refractivity contribution in [3.8, 4) is 0 Å². The van der Waals surface area contributed by atoms with E-state index in [0.717, 1.165) is 15.7 Å². The fourth-order valence-electron chi connectivity index (χ4n) is 2.22. The van der Waals surface area contributed by atoms with Gasteiger partial charge in [0.05, 0.1) is 18.8 Å². The lowest BCUT2D eigenvalue weighted by atomic mass is 10.2. The van der Waals surface area contributed by atoms with Gasteiger partial charge < -0.3 is 10.6 Å². The zero-order valence-electron chi connectivity index (χ0n) is 13.7. The van der Waals surface area contributed by atoms with Gasteiger partial charge in [0.15, 0.2) is 0 Å². The lowest BCUT2D eigenvalue weighted by molar-refractivity contribution is -0.119. The van der Waals surface area contributed by atoms with Crippen LogP contribution >= 0.6 is 15.9 Å². The molecular formula is C18H20BrN3O2. The third-order valence-corrected chi connectivity index (χ3v) is 3.97. The number of benzene rings is 2. The standard InChI is InChI=1S/C18H20BrN3O2/c1-13-6-5-7-14(10-13)20-17(23)11-22(2)12-18(24)21-16-9-4-3-8-15(16)19/h3-10H,11-12H2,1-2H3,(H,20,23)(H,21,24). The van der Waals surface area contributed by atoms with Crippen molar-refractivity contribution in [2.75, 3.05) is 30.8 Å². The van der Waals surface area contributed by atoms with Crippen LogP contribution in [0, 0.1) is 6.92 Å². The van der Waals surface area contributed by atoms with E-state index in [1.807, 2.05) is 55.5 Å². The van der Waals surface area contributed by atoms with Gasteiger partial charge in [0.2, 0.25) is 11.8 Å². The van der Waals surface area contributed by atoms with Crippen molar-refractivity contribution in [2.24, 2.45) is 0 Å². The molecular weight excluding hydrogens is 370 g/mol. The first-order chi connectivity index (χ1) is 11.4. The van der Waals surface area contributed by atoms with Gasteiger partial charge in [-0.3, -0.25) is 14.5 Å². The first-order valence-corrected chi connectivity index (χ1v) is 8.33. The van der Waals surface area contributed by atoms with E-state index in [1.165, 1.54) is 0 Å². The predicted octanol–water partition coefficient (Wildman–Crippen LogP) is 3.27. The minimum Gasteiger partial charge on any atom is -0.325 e. The summed E-state index contributed by atoms with van der Waals surface area (Å²) in [6.45, 7) is 2.23. The second-order valence-electron chi connectivity index (χ2n) is 5.62. The van der Waals surface area contributed by atoms with Crippen LogP contribution in [0.5, 0.6) is 0 Å². The summed E-state index contributed by atoms with van der Waals surface area (Å²) >= 11 is 3.38. The molecule has 5 nitrogen and oxygen atoms in total. The number of carbonyl (C=O) groups is 2. The quantitative estimate of drug-likeness (QED) is 0.796. The van der Waals surface area contributed by atoms with Gasteiger partial charge in [0.25, 0.3) is 0 Å². The number of amides is 2. The summed E-state index contributed by atoms with van der Waals surface area (Å²) in [5.41, 5.74) is 2.54. The smallest absolute Gasteiger partial charge is 0.238 e. The molecule has 2 amide bonds. The van der Waals surface area contributed by atoms with E-state index in [9.17, 15) is 9.59 Å². The van der Waals surface area contributed by atoms with Crippen LogP contribution in [0.4, 0.5) is 11.4 Å². The maximum atomic E-state index is 12.1. The van der Waals surface area contributed by atoms with Gasteiger partial charge in [-0.05, 0) is 59.7 Å². The molecule has 2 N–H and O–H groups in total. The summed E-state index contributed by atoms with van der Waals surface area (Å²) < 4.78 is 0.818. The summed E-state index contributed by atoms with van der Waals surface area (Å²) in [4.78, 5) is 25.8. The van der Waals surface area contributed by atoms with Crippen molar-refractivity contribution >= 4 is 39.1 Å². The van der Waals surface area contributed by atoms with Crippen molar-refractivity contribution < 1.29 is 9.59 Å². The third-order valence-electron chi connectivity index (χ3n) is 3.28. The monoisotopic (exact) mass is 389 g/mol. The van der Waals surface area contributed by atoms with Gasteiger partial charge in [-0.15, -0.1) is 0 Å². The van der Waals surface area contributed by atoms with Gasteiger partial charge in [0, 0.05) is 10.2 Å². The second-order valence-corrected chi connectivity index (χ2v) is 6.47. The SMILES string of the molecule is Cc1cccc(NC(=O)CN(C)CC(=O)Nc2ccccc2Br)c1. The number of rotatable bonds is 6. The Balaban J connectivity index is 1.81. The number of anilines is 2. The fraction of sp³-hybridized carbons (Fsp3) is 0.222. The molecule has 24 heavy (non-hydrogen) atoms. The van der Waals surface area contributed by atoms with E-state index in [0.29, 0.717) is 5.69 Å². The Kier molecular flexibility index (Phi) is 6.52. The Hall–Kier alpha value is -2.18. The molecule has 0 heterocycles. The summed E-state index contributed by atoms with van der Waals surface area (Å²) in [7, 11) is 1.73. The highest BCUT2D eigenvalue weighted by molar-refractivity contribution is 9.10. The molecule has 0 aromatic heterocycles. The molecule has 0 radical (unpaired) electrons. The van der Waals surface area contributed by atoms with Crippen LogP contribution in [-0.4, -0.2) is 36.9 Å². The van der Waals surface area contributed by atoms with Crippen molar-refractivity contribution in [1.29, 1.82) is 0 Å². The minimum absolute atomic E-state index is 0.128. The van der Waals surface area contributed by atoms with Crippen LogP contribution < -0.4 is 10.6 Å². The largest absolute Gasteiger partial charge is 0.325 e. The zero-order chi connectivity index (χ0) is 17.5. The maximum Gasteiger partial charge on any atom is 0.238 e. The van der Waals surface area contributed by atoms with E-state index < -0.39 is 0 Å². The Morgan fingerprint density at radius 3 is 2.33 bits per heavy atom. The Bertz CT molecular complexity index is 734. The van der Waals surface area contributed by atoms with Crippen molar-refractivity contribution in [1.82, 2.24) is 4.90 Å². The van der Waals surface area contributed by atoms with Crippen LogP contribution in [0.25, 0.3) is 0 Å². The maximum absolute atomic E-state index is 12.1. The fourth-order valence-corrected chi connectivity index (χ4v) is 2.61. The minimum atomic E-state index is -0.173. The van der Waals surface area contributed by atoms with Gasteiger partial charge in [-0.2, -0.15) is 0 Å². The number of carbonyl (C=O) groups excluding carboxylic acids is 2. The molecule has 0 fully saturated rings. The Morgan fingerprint density at radius 2 is 1.67 bits per heavy atom. The van der Waals surface area contributed by atoms with Gasteiger partial charge in [-0.25, -0.2) is 0 Å². The molecule has 0 bridgehead atoms. The predicted molar refractivity (Wildman–Crippen MR) is 100 cm³/mol. The molecule has 0 spiro atoms. The van der Waals surface area contributed by atoms with Crippen molar-refractivity contribution in [2.45, 2.75) is 6.92 Å². The van der Waals surface area contributed by atoms with Gasteiger partial charge in [-0.1, -0.05) is 24.3 Å². The van der Waals surface area contributed by atoms with Gasteiger partial charge in [0.1, 0.15) is 0 Å². The van der Waals surface area contributed by atoms with Crippen LogP contribution in [0.3, 0.4) is 0 Å². The number of nitrogens with one attached hydrogen (secondary N) is 2. The number of hydrogen-bond donors (Lipinski definition) is 2. The number of aryl methyl sites for hydroxylation is 1. The number of nitrogens with zero attached hydrogens (tertiary/aromatic N) is 1. The number of halogens is 1.